The molecule has 0 rings (SSSR count). The summed E-state index contributed by atoms with van der Waals surface area (Å²) in [4.78, 5) is 0. The monoisotopic (exact) mass is 212 g/mol. The minimum atomic E-state index is -0.498. The Morgan fingerprint density at radius 3 is 1.50 bits per heavy atom. The summed E-state index contributed by atoms with van der Waals surface area (Å²) in [6.07, 6.45) is 4.17. The van der Waals surface area contributed by atoms with Crippen molar-refractivity contribution in [2.24, 2.45) is 5.92 Å². The maximum Gasteiger partial charge on any atom is 0.268 e. The van der Waals surface area contributed by atoms with Crippen LogP contribution in [0.4, 0.5) is 0 Å². The van der Waals surface area contributed by atoms with Gasteiger partial charge in [-0.3, -0.25) is 0 Å². The summed E-state index contributed by atoms with van der Waals surface area (Å²) in [5, 5.41) is 1.57. The molecular weight excluding hydrogens is 183 g/mol. The Balaban J connectivity index is 4.23. The third-order valence-corrected chi connectivity index (χ3v) is 9.34. The van der Waals surface area contributed by atoms with Gasteiger partial charge in [0.15, 0.2) is 0 Å². The Hall–Kier alpha value is 0.532. The molecule has 0 heterocycles. The average Bonchev–Trinajstić information content (AvgIpc) is 2.23. The fraction of sp³-hybridized carbons (Fsp3) is 1.00. The first-order valence-corrected chi connectivity index (χ1v) is 8.71. The van der Waals surface area contributed by atoms with E-state index in [2.05, 4.69) is 41.5 Å². The fourth-order valence-corrected chi connectivity index (χ4v) is 6.79. The van der Waals surface area contributed by atoms with Gasteiger partial charge >= 0.3 is 0 Å². The Morgan fingerprint density at radius 2 is 1.21 bits per heavy atom. The molecule has 84 valence electrons. The van der Waals surface area contributed by atoms with E-state index in [0.29, 0.717) is 0 Å². The van der Waals surface area contributed by atoms with E-state index >= 15 is 0 Å². The van der Waals surface area contributed by atoms with Crippen molar-refractivity contribution in [3.05, 3.63) is 0 Å². The lowest BCUT2D eigenvalue weighted by Gasteiger charge is -2.25. The van der Waals surface area contributed by atoms with E-state index in [0.717, 1.165) is 15.5 Å². The van der Waals surface area contributed by atoms with Crippen LogP contribution in [0.1, 0.15) is 60.8 Å². The summed E-state index contributed by atoms with van der Waals surface area (Å²) < 4.78 is 2.08. The molecule has 0 aromatic heterocycles. The van der Waals surface area contributed by atoms with Crippen LogP contribution in [0.2, 0.25) is 14.8 Å². The molecule has 0 fully saturated rings. The van der Waals surface area contributed by atoms with E-state index in [-0.39, 0.29) is 0 Å². The summed E-state index contributed by atoms with van der Waals surface area (Å²) in [5.74, 6) is 0.967. The summed E-state index contributed by atoms with van der Waals surface area (Å²) in [6, 6.07) is 0. The lowest BCUT2D eigenvalue weighted by molar-refractivity contribution is 0.603. The zero-order valence-electron chi connectivity index (χ0n) is 11.1. The van der Waals surface area contributed by atoms with Crippen LogP contribution in [0.5, 0.6) is 0 Å². The van der Waals surface area contributed by atoms with Crippen LogP contribution in [0.25, 0.3) is 0 Å². The van der Waals surface area contributed by atoms with E-state index in [9.17, 15) is 0 Å². The Morgan fingerprint density at radius 1 is 0.786 bits per heavy atom. The zero-order valence-corrected chi connectivity index (χ0v) is 12.3. The van der Waals surface area contributed by atoms with E-state index < -0.39 is 14.1 Å². The van der Waals surface area contributed by atoms with Gasteiger partial charge in [-0.2, -0.15) is 0 Å². The van der Waals surface area contributed by atoms with E-state index in [1.165, 1.54) is 19.3 Å². The molecule has 0 aromatic rings. The molecule has 0 aromatic carbocycles. The van der Waals surface area contributed by atoms with Crippen molar-refractivity contribution in [1.29, 1.82) is 0 Å². The predicted octanol–water partition coefficient (Wildman–Crippen LogP) is 5.13. The van der Waals surface area contributed by atoms with Gasteiger partial charge in [-0.15, -0.1) is 0 Å². The maximum atomic E-state index is 2.49. The second kappa shape index (κ2) is 7.78. The molecule has 0 amide bonds. The lowest BCUT2D eigenvalue weighted by Crippen LogP contribution is -2.25. The third-order valence-electron chi connectivity index (χ3n) is 4.12. The van der Waals surface area contributed by atoms with Gasteiger partial charge in [0.05, 0.1) is 0 Å². The molecule has 1 heteroatoms. The summed E-state index contributed by atoms with van der Waals surface area (Å²) in [5.41, 5.74) is 0. The minimum Gasteiger partial charge on any atom is -0.0910 e. The van der Waals surface area contributed by atoms with Gasteiger partial charge < -0.3 is 0 Å². The molecule has 14 heavy (non-hydrogen) atoms. The number of hydrogen-bond acceptors (Lipinski definition) is 0. The maximum absolute atomic E-state index is 2.49. The van der Waals surface area contributed by atoms with Crippen molar-refractivity contribution in [1.82, 2.24) is 0 Å². The standard InChI is InChI=1S/C5H11.2C4H9.Al/c1-4-5(2)3;2*1-3-4-2;/h5H,2,4H2,1,3H3;2*3H,4H2,1-2H3;. The molecular formula is C13H29Al. The molecule has 0 radical (unpaired) electrons. The SMILES string of the molecule is CCC(C)[CH2][Al]([CH](C)CC)[CH](C)CC. The normalized spacial score (nSPS) is 17.6. The highest BCUT2D eigenvalue weighted by Gasteiger charge is 2.29. The molecule has 3 atom stereocenters. The Labute approximate surface area is 95.9 Å². The first-order chi connectivity index (χ1) is 6.56. The third kappa shape index (κ3) is 4.85. The quantitative estimate of drug-likeness (QED) is 0.513. The topological polar surface area (TPSA) is 0 Å². The van der Waals surface area contributed by atoms with Crippen LogP contribution in [0.15, 0.2) is 0 Å². The molecule has 0 spiro atoms. The average molecular weight is 212 g/mol. The summed E-state index contributed by atoms with van der Waals surface area (Å²) in [6.45, 7) is 14.5. The van der Waals surface area contributed by atoms with Crippen LogP contribution in [0, 0.1) is 5.92 Å². The molecule has 3 unspecified atom stereocenters. The van der Waals surface area contributed by atoms with E-state index in [1.807, 2.05) is 0 Å². The van der Waals surface area contributed by atoms with Gasteiger partial charge in [0, 0.05) is 0 Å². The van der Waals surface area contributed by atoms with Crippen molar-refractivity contribution < 1.29 is 0 Å². The first-order valence-electron chi connectivity index (χ1n) is 6.56. The molecule has 0 bridgehead atoms. The van der Waals surface area contributed by atoms with Crippen molar-refractivity contribution >= 4 is 14.1 Å². The van der Waals surface area contributed by atoms with Crippen LogP contribution in [-0.2, 0) is 0 Å². The van der Waals surface area contributed by atoms with Crippen LogP contribution >= 0.6 is 0 Å². The van der Waals surface area contributed by atoms with Crippen LogP contribution in [0.3, 0.4) is 0 Å². The molecule has 0 aliphatic rings. The van der Waals surface area contributed by atoms with Gasteiger partial charge in [-0.25, -0.2) is 0 Å². The Kier molecular flexibility index (Phi) is 8.07. The van der Waals surface area contributed by atoms with Crippen LogP contribution in [-0.4, -0.2) is 14.1 Å². The highest BCUT2D eigenvalue weighted by Crippen LogP contribution is 2.32. The second-order valence-electron chi connectivity index (χ2n) is 5.18. The summed E-state index contributed by atoms with van der Waals surface area (Å²) >= 11 is -0.498. The zero-order chi connectivity index (χ0) is 11.1. The number of rotatable bonds is 7. The van der Waals surface area contributed by atoms with Crippen LogP contribution < -0.4 is 0 Å². The first kappa shape index (κ1) is 14.5. The highest BCUT2D eigenvalue weighted by molar-refractivity contribution is 6.61. The van der Waals surface area contributed by atoms with Gasteiger partial charge in [0.2, 0.25) is 0 Å². The van der Waals surface area contributed by atoms with Gasteiger partial charge in [-0.1, -0.05) is 81.6 Å². The molecule has 0 N–H and O–H groups in total. The predicted molar refractivity (Wildman–Crippen MR) is 69.4 cm³/mol. The van der Waals surface area contributed by atoms with Gasteiger partial charge in [-0.05, 0) is 0 Å². The molecule has 0 nitrogen and oxygen atoms in total. The largest absolute Gasteiger partial charge is 0.268 e. The molecule has 0 saturated carbocycles. The molecule has 0 aliphatic heterocycles. The summed E-state index contributed by atoms with van der Waals surface area (Å²) in [7, 11) is 0. The van der Waals surface area contributed by atoms with Crippen molar-refractivity contribution in [2.75, 3.05) is 0 Å². The van der Waals surface area contributed by atoms with E-state index in [4.69, 9.17) is 0 Å². The molecule has 0 saturated heterocycles. The Bertz CT molecular complexity index is 123. The smallest absolute Gasteiger partial charge is 0.0910 e. The second-order valence-corrected chi connectivity index (χ2v) is 9.26. The molecule has 0 aliphatic carbocycles. The van der Waals surface area contributed by atoms with Crippen molar-refractivity contribution in [2.45, 2.75) is 75.6 Å². The minimum absolute atomic E-state index is 0.498. The lowest BCUT2D eigenvalue weighted by atomic mass is 10.2. The van der Waals surface area contributed by atoms with Gasteiger partial charge in [0.25, 0.3) is 14.1 Å². The van der Waals surface area contributed by atoms with Crippen molar-refractivity contribution in [3.63, 3.8) is 0 Å². The fourth-order valence-electron chi connectivity index (χ4n) is 2.26. The highest BCUT2D eigenvalue weighted by atomic mass is 27.2. The van der Waals surface area contributed by atoms with E-state index in [1.54, 1.807) is 5.28 Å². The van der Waals surface area contributed by atoms with Crippen molar-refractivity contribution in [3.8, 4) is 0 Å². The number of hydrogen-bond donors (Lipinski definition) is 0. The van der Waals surface area contributed by atoms with Gasteiger partial charge in [0.1, 0.15) is 0 Å².